The molecule has 0 bridgehead atoms. The van der Waals surface area contributed by atoms with Gasteiger partial charge in [-0.25, -0.2) is 0 Å². The van der Waals surface area contributed by atoms with E-state index < -0.39 is 0 Å². The maximum atomic E-state index is 11.9. The summed E-state index contributed by atoms with van der Waals surface area (Å²) in [5.41, 5.74) is 3.26. The second kappa shape index (κ2) is 3.80. The lowest BCUT2D eigenvalue weighted by Crippen LogP contribution is -2.23. The molecule has 0 N–H and O–H groups in total. The van der Waals surface area contributed by atoms with Crippen LogP contribution < -0.4 is 0 Å². The van der Waals surface area contributed by atoms with Gasteiger partial charge in [-0.15, -0.1) is 0 Å². The quantitative estimate of drug-likeness (QED) is 0.757. The number of nitrogens with zero attached hydrogens (tertiary/aromatic N) is 2. The highest BCUT2D eigenvalue weighted by Crippen LogP contribution is 2.29. The second-order valence-corrected chi connectivity index (χ2v) is 4.54. The van der Waals surface area contributed by atoms with E-state index >= 15 is 0 Å². The molecule has 1 fully saturated rings. The third-order valence-corrected chi connectivity index (χ3v) is 3.57. The summed E-state index contributed by atoms with van der Waals surface area (Å²) in [4.78, 5) is 11.9. The van der Waals surface area contributed by atoms with Crippen molar-refractivity contribution in [2.45, 2.75) is 39.5 Å². The summed E-state index contributed by atoms with van der Waals surface area (Å²) in [6.07, 6.45) is 3.99. The van der Waals surface area contributed by atoms with Crippen LogP contribution in [-0.4, -0.2) is 15.6 Å². The van der Waals surface area contributed by atoms with Crippen LogP contribution in [0.25, 0.3) is 0 Å². The fourth-order valence-corrected chi connectivity index (χ4v) is 2.12. The molecule has 1 heterocycles. The van der Waals surface area contributed by atoms with Crippen LogP contribution in [0.2, 0.25) is 0 Å². The number of carbonyl (C=O) groups is 1. The van der Waals surface area contributed by atoms with Crippen molar-refractivity contribution < 1.29 is 4.79 Å². The van der Waals surface area contributed by atoms with Gasteiger partial charge in [-0.3, -0.25) is 9.48 Å². The molecule has 3 heteroatoms. The molecule has 0 spiro atoms. The van der Waals surface area contributed by atoms with Crippen LogP contribution in [0.1, 0.15) is 36.2 Å². The largest absolute Gasteiger partial charge is 0.299 e. The minimum atomic E-state index is 0.337. The van der Waals surface area contributed by atoms with Gasteiger partial charge in [0.1, 0.15) is 5.78 Å². The smallest absolute Gasteiger partial charge is 0.140 e. The summed E-state index contributed by atoms with van der Waals surface area (Å²) < 4.78 is 1.86. The molecule has 0 unspecified atom stereocenters. The van der Waals surface area contributed by atoms with Crippen LogP contribution in [0.15, 0.2) is 0 Å². The Labute approximate surface area is 90.5 Å². The normalized spacial score (nSPS) is 16.5. The molecule has 0 amide bonds. The monoisotopic (exact) mass is 206 g/mol. The molecule has 1 aliphatic rings. The zero-order valence-electron chi connectivity index (χ0n) is 9.71. The summed E-state index contributed by atoms with van der Waals surface area (Å²) >= 11 is 0. The van der Waals surface area contributed by atoms with E-state index in [0.29, 0.717) is 18.1 Å². The van der Waals surface area contributed by atoms with Crippen molar-refractivity contribution in [2.24, 2.45) is 13.0 Å². The van der Waals surface area contributed by atoms with Crippen molar-refractivity contribution in [1.29, 1.82) is 0 Å². The highest BCUT2D eigenvalue weighted by Gasteiger charge is 2.26. The number of ketones is 1. The van der Waals surface area contributed by atoms with E-state index in [1.807, 2.05) is 25.6 Å². The lowest BCUT2D eigenvalue weighted by Gasteiger charge is -2.23. The van der Waals surface area contributed by atoms with Crippen LogP contribution in [-0.2, 0) is 18.3 Å². The number of aromatic nitrogens is 2. The van der Waals surface area contributed by atoms with Crippen molar-refractivity contribution in [3.63, 3.8) is 0 Å². The fourth-order valence-electron chi connectivity index (χ4n) is 2.12. The molecule has 0 aliphatic heterocycles. The van der Waals surface area contributed by atoms with E-state index in [0.717, 1.165) is 29.8 Å². The number of carbonyl (C=O) groups excluding carboxylic acids is 1. The van der Waals surface area contributed by atoms with E-state index in [2.05, 4.69) is 5.10 Å². The summed E-state index contributed by atoms with van der Waals surface area (Å²) in [5.74, 6) is 0.740. The Hall–Kier alpha value is -1.12. The fraction of sp³-hybridized carbons (Fsp3) is 0.667. The Morgan fingerprint density at radius 2 is 2.13 bits per heavy atom. The van der Waals surface area contributed by atoms with Crippen molar-refractivity contribution in [2.75, 3.05) is 0 Å². The molecule has 1 saturated carbocycles. The molecule has 0 radical (unpaired) electrons. The molecule has 1 aromatic rings. The van der Waals surface area contributed by atoms with Crippen molar-refractivity contribution in [3.05, 3.63) is 17.0 Å². The van der Waals surface area contributed by atoms with Crippen molar-refractivity contribution in [1.82, 2.24) is 9.78 Å². The first-order chi connectivity index (χ1) is 7.09. The third-order valence-electron chi connectivity index (χ3n) is 3.57. The Morgan fingerprint density at radius 3 is 2.53 bits per heavy atom. The number of rotatable bonds is 3. The maximum absolute atomic E-state index is 11.9. The minimum Gasteiger partial charge on any atom is -0.299 e. The van der Waals surface area contributed by atoms with Gasteiger partial charge in [-0.1, -0.05) is 6.42 Å². The number of hydrogen-bond donors (Lipinski definition) is 0. The molecular weight excluding hydrogens is 188 g/mol. The van der Waals surface area contributed by atoms with Crippen LogP contribution in [0.4, 0.5) is 0 Å². The van der Waals surface area contributed by atoms with Crippen LogP contribution in [0, 0.1) is 19.8 Å². The average molecular weight is 206 g/mol. The first-order valence-corrected chi connectivity index (χ1v) is 5.61. The molecule has 0 atom stereocenters. The summed E-state index contributed by atoms with van der Waals surface area (Å²) in [5, 5.41) is 4.33. The van der Waals surface area contributed by atoms with Gasteiger partial charge in [0, 0.05) is 30.6 Å². The van der Waals surface area contributed by atoms with Crippen LogP contribution in [0.5, 0.6) is 0 Å². The lowest BCUT2D eigenvalue weighted by molar-refractivity contribution is -0.124. The Balaban J connectivity index is 2.12. The zero-order chi connectivity index (χ0) is 11.0. The van der Waals surface area contributed by atoms with E-state index in [9.17, 15) is 4.79 Å². The molecule has 3 nitrogen and oxygen atoms in total. The van der Waals surface area contributed by atoms with Crippen LogP contribution in [0.3, 0.4) is 0 Å². The van der Waals surface area contributed by atoms with E-state index in [4.69, 9.17) is 0 Å². The molecule has 0 aromatic carbocycles. The lowest BCUT2D eigenvalue weighted by atomic mass is 9.80. The highest BCUT2D eigenvalue weighted by molar-refractivity contribution is 5.84. The van der Waals surface area contributed by atoms with Gasteiger partial charge < -0.3 is 0 Å². The van der Waals surface area contributed by atoms with Gasteiger partial charge in [0.15, 0.2) is 0 Å². The van der Waals surface area contributed by atoms with E-state index in [-0.39, 0.29) is 0 Å². The van der Waals surface area contributed by atoms with Gasteiger partial charge in [0.05, 0.1) is 5.69 Å². The topological polar surface area (TPSA) is 34.9 Å². The maximum Gasteiger partial charge on any atom is 0.140 e. The Morgan fingerprint density at radius 1 is 1.47 bits per heavy atom. The summed E-state index contributed by atoms with van der Waals surface area (Å²) in [7, 11) is 1.93. The number of aryl methyl sites for hydroxylation is 2. The Bertz CT molecular complexity index is 389. The van der Waals surface area contributed by atoms with Gasteiger partial charge >= 0.3 is 0 Å². The van der Waals surface area contributed by atoms with Crippen molar-refractivity contribution >= 4 is 5.78 Å². The summed E-state index contributed by atoms with van der Waals surface area (Å²) in [6.45, 7) is 4.01. The first kappa shape index (κ1) is 10.4. The SMILES string of the molecule is Cc1nn(C)c(C)c1CC(=O)C1CCC1. The van der Waals surface area contributed by atoms with E-state index in [1.165, 1.54) is 6.42 Å². The van der Waals surface area contributed by atoms with E-state index in [1.54, 1.807) is 0 Å². The van der Waals surface area contributed by atoms with Gasteiger partial charge in [-0.2, -0.15) is 5.10 Å². The van der Waals surface area contributed by atoms with Crippen molar-refractivity contribution in [3.8, 4) is 0 Å². The molecule has 1 aromatic heterocycles. The van der Waals surface area contributed by atoms with Gasteiger partial charge in [0.2, 0.25) is 0 Å². The standard InChI is InChI=1S/C12H18N2O/c1-8-11(9(2)14(3)13-8)7-12(15)10-5-4-6-10/h10H,4-7H2,1-3H3. The molecular formula is C12H18N2O. The number of Topliss-reactive ketones (excluding diaryl/α,β-unsaturated/α-hetero) is 1. The molecule has 82 valence electrons. The second-order valence-electron chi connectivity index (χ2n) is 4.54. The molecule has 1 aliphatic carbocycles. The molecule has 2 rings (SSSR count). The minimum absolute atomic E-state index is 0.337. The third kappa shape index (κ3) is 1.83. The van der Waals surface area contributed by atoms with Gasteiger partial charge in [-0.05, 0) is 26.7 Å². The first-order valence-electron chi connectivity index (χ1n) is 5.61. The average Bonchev–Trinajstić information content (AvgIpc) is 2.29. The highest BCUT2D eigenvalue weighted by atomic mass is 16.1. The molecule has 0 saturated heterocycles. The van der Waals surface area contributed by atoms with Gasteiger partial charge in [0.25, 0.3) is 0 Å². The zero-order valence-corrected chi connectivity index (χ0v) is 9.71. The summed E-state index contributed by atoms with van der Waals surface area (Å²) in [6, 6.07) is 0. The Kier molecular flexibility index (Phi) is 2.63. The molecule has 15 heavy (non-hydrogen) atoms. The predicted octanol–water partition coefficient (Wildman–Crippen LogP) is 1.95. The van der Waals surface area contributed by atoms with Crippen LogP contribution >= 0.6 is 0 Å². The predicted molar refractivity (Wildman–Crippen MR) is 58.7 cm³/mol. The number of hydrogen-bond acceptors (Lipinski definition) is 2.